The third-order valence-corrected chi connectivity index (χ3v) is 5.52. The number of benzene rings is 3. The molecule has 0 radical (unpaired) electrons. The number of ether oxygens (including phenoxy) is 1. The summed E-state index contributed by atoms with van der Waals surface area (Å²) in [5.74, 6) is -0.375. The molecule has 3 aromatic carbocycles. The van der Waals surface area contributed by atoms with Gasteiger partial charge in [-0.15, -0.1) is 0 Å². The van der Waals surface area contributed by atoms with Crippen molar-refractivity contribution < 1.29 is 23.8 Å². The van der Waals surface area contributed by atoms with E-state index < -0.39 is 29.4 Å². The van der Waals surface area contributed by atoms with Gasteiger partial charge < -0.3 is 15.2 Å². The molecule has 2 N–H and O–H groups in total. The molecule has 1 heterocycles. The van der Waals surface area contributed by atoms with Crippen molar-refractivity contribution in [3.63, 3.8) is 0 Å². The Labute approximate surface area is 172 Å². The SMILES string of the molecule is COc1ccc2cc([C@@]3(C)NC(=O)N(C[C@H](O)c4ccccc4F)C3=O)ccc2c1. The molecular formula is C23H21FN2O4. The highest BCUT2D eigenvalue weighted by Crippen LogP contribution is 2.33. The van der Waals surface area contributed by atoms with E-state index in [1.807, 2.05) is 30.3 Å². The molecule has 3 amide bonds. The minimum atomic E-state index is -1.33. The zero-order valence-electron chi connectivity index (χ0n) is 16.6. The number of nitrogens with zero attached hydrogens (tertiary/aromatic N) is 1. The lowest BCUT2D eigenvalue weighted by Crippen LogP contribution is -2.41. The second kappa shape index (κ2) is 7.42. The number of β-amino-alcohol motifs (C(OH)–C–C–N with tert-alkyl or cyclic N) is 1. The standard InChI is InChI=1S/C23H21FN2O4/c1-23(16-9-7-15-12-17(30-2)10-8-14(15)11-16)21(28)26(22(29)25-23)13-20(27)18-5-3-4-6-19(18)24/h3-12,20,27H,13H2,1-2H3,(H,25,29)/t20-,23+/m0/s1. The first kappa shape index (κ1) is 19.8. The zero-order chi connectivity index (χ0) is 21.5. The summed E-state index contributed by atoms with van der Waals surface area (Å²) in [5.41, 5.74) is -0.645. The Kier molecular flexibility index (Phi) is 4.91. The van der Waals surface area contributed by atoms with Crippen LogP contribution < -0.4 is 10.1 Å². The second-order valence-electron chi connectivity index (χ2n) is 7.44. The molecule has 3 aromatic rings. The third-order valence-electron chi connectivity index (χ3n) is 5.52. The second-order valence-corrected chi connectivity index (χ2v) is 7.44. The number of methoxy groups -OCH3 is 1. The fourth-order valence-electron chi connectivity index (χ4n) is 3.74. The molecule has 0 saturated carbocycles. The van der Waals surface area contributed by atoms with Gasteiger partial charge in [-0.05, 0) is 47.5 Å². The predicted octanol–water partition coefficient (Wildman–Crippen LogP) is 3.49. The van der Waals surface area contributed by atoms with E-state index in [4.69, 9.17) is 4.74 Å². The number of aliphatic hydroxyl groups excluding tert-OH is 1. The van der Waals surface area contributed by atoms with Gasteiger partial charge in [0.15, 0.2) is 0 Å². The Balaban J connectivity index is 1.62. The van der Waals surface area contributed by atoms with Crippen LogP contribution in [0.25, 0.3) is 10.8 Å². The van der Waals surface area contributed by atoms with E-state index in [0.29, 0.717) is 5.56 Å². The van der Waals surface area contributed by atoms with E-state index in [9.17, 15) is 19.1 Å². The van der Waals surface area contributed by atoms with Crippen LogP contribution in [0.4, 0.5) is 9.18 Å². The molecule has 1 saturated heterocycles. The van der Waals surface area contributed by atoms with Gasteiger partial charge in [-0.25, -0.2) is 9.18 Å². The van der Waals surface area contributed by atoms with Crippen LogP contribution in [0.15, 0.2) is 60.7 Å². The average Bonchev–Trinajstić information content (AvgIpc) is 2.97. The van der Waals surface area contributed by atoms with Crippen molar-refractivity contribution in [1.82, 2.24) is 10.2 Å². The number of hydrogen-bond donors (Lipinski definition) is 2. The monoisotopic (exact) mass is 408 g/mol. The molecule has 154 valence electrons. The van der Waals surface area contributed by atoms with E-state index in [2.05, 4.69) is 5.32 Å². The molecular weight excluding hydrogens is 387 g/mol. The number of halogens is 1. The molecule has 0 bridgehead atoms. The molecule has 2 atom stereocenters. The largest absolute Gasteiger partial charge is 0.497 e. The van der Waals surface area contributed by atoms with Gasteiger partial charge in [0.2, 0.25) is 0 Å². The molecule has 1 aliphatic heterocycles. The Hall–Kier alpha value is -3.45. The number of aliphatic hydroxyl groups is 1. The number of nitrogens with one attached hydrogen (secondary N) is 1. The van der Waals surface area contributed by atoms with Gasteiger partial charge in [0.1, 0.15) is 17.1 Å². The van der Waals surface area contributed by atoms with Crippen molar-refractivity contribution >= 4 is 22.7 Å². The van der Waals surface area contributed by atoms with Crippen molar-refractivity contribution in [2.45, 2.75) is 18.6 Å². The molecule has 0 aliphatic carbocycles. The maximum atomic E-state index is 14.0. The molecule has 0 unspecified atom stereocenters. The van der Waals surface area contributed by atoms with E-state index in [1.165, 1.54) is 18.2 Å². The Morgan fingerprint density at radius 3 is 2.53 bits per heavy atom. The number of rotatable bonds is 5. The number of amides is 3. The van der Waals surface area contributed by atoms with E-state index in [0.717, 1.165) is 21.4 Å². The van der Waals surface area contributed by atoms with Crippen molar-refractivity contribution in [3.05, 3.63) is 77.6 Å². The molecule has 6 nitrogen and oxygen atoms in total. The molecule has 30 heavy (non-hydrogen) atoms. The minimum Gasteiger partial charge on any atom is -0.497 e. The Morgan fingerprint density at radius 1 is 1.10 bits per heavy atom. The summed E-state index contributed by atoms with van der Waals surface area (Å²) in [6.45, 7) is 1.28. The first-order chi connectivity index (χ1) is 14.3. The fraction of sp³-hybridized carbons (Fsp3) is 0.217. The van der Waals surface area contributed by atoms with Gasteiger partial charge in [-0.1, -0.05) is 36.4 Å². The van der Waals surface area contributed by atoms with E-state index in [-0.39, 0.29) is 12.1 Å². The van der Waals surface area contributed by atoms with Gasteiger partial charge in [-0.2, -0.15) is 0 Å². The van der Waals surface area contributed by atoms with Crippen LogP contribution in [0, 0.1) is 5.82 Å². The number of urea groups is 1. The van der Waals surface area contributed by atoms with Crippen molar-refractivity contribution in [3.8, 4) is 5.75 Å². The summed E-state index contributed by atoms with van der Waals surface area (Å²) in [7, 11) is 1.59. The Morgan fingerprint density at radius 2 is 1.80 bits per heavy atom. The third kappa shape index (κ3) is 3.27. The normalized spacial score (nSPS) is 19.8. The van der Waals surface area contributed by atoms with Crippen LogP contribution in [-0.4, -0.2) is 35.6 Å². The molecule has 1 fully saturated rings. The van der Waals surface area contributed by atoms with Gasteiger partial charge in [0.05, 0.1) is 19.8 Å². The number of hydrogen-bond acceptors (Lipinski definition) is 4. The number of imide groups is 1. The number of carbonyl (C=O) groups is 2. The summed E-state index contributed by atoms with van der Waals surface area (Å²) in [6, 6.07) is 16.2. The van der Waals surface area contributed by atoms with Crippen molar-refractivity contribution in [1.29, 1.82) is 0 Å². The van der Waals surface area contributed by atoms with Crippen LogP contribution in [0.2, 0.25) is 0 Å². The van der Waals surface area contributed by atoms with Gasteiger partial charge >= 0.3 is 6.03 Å². The predicted molar refractivity (Wildman–Crippen MR) is 109 cm³/mol. The highest BCUT2D eigenvalue weighted by molar-refractivity contribution is 6.07. The van der Waals surface area contributed by atoms with Crippen molar-refractivity contribution in [2.24, 2.45) is 0 Å². The van der Waals surface area contributed by atoms with Gasteiger partial charge in [0.25, 0.3) is 5.91 Å². The number of fused-ring (bicyclic) bond motifs is 1. The maximum absolute atomic E-state index is 14.0. The molecule has 0 spiro atoms. The van der Waals surface area contributed by atoms with Crippen LogP contribution in [-0.2, 0) is 10.3 Å². The summed E-state index contributed by atoms with van der Waals surface area (Å²) in [6.07, 6.45) is -1.33. The van der Waals surface area contributed by atoms with Crippen LogP contribution in [0.3, 0.4) is 0 Å². The van der Waals surface area contributed by atoms with Crippen LogP contribution >= 0.6 is 0 Å². The average molecular weight is 408 g/mol. The highest BCUT2D eigenvalue weighted by atomic mass is 19.1. The quantitative estimate of drug-likeness (QED) is 0.634. The summed E-state index contributed by atoms with van der Waals surface area (Å²) >= 11 is 0. The smallest absolute Gasteiger partial charge is 0.325 e. The molecule has 1 aliphatic rings. The van der Waals surface area contributed by atoms with E-state index in [1.54, 1.807) is 26.2 Å². The summed E-state index contributed by atoms with van der Waals surface area (Å²) in [4.78, 5) is 26.6. The molecule has 4 rings (SSSR count). The summed E-state index contributed by atoms with van der Waals surface area (Å²) < 4.78 is 19.2. The number of carbonyl (C=O) groups excluding carboxylic acids is 2. The lowest BCUT2D eigenvalue weighted by atomic mass is 9.90. The van der Waals surface area contributed by atoms with Crippen molar-refractivity contribution in [2.75, 3.05) is 13.7 Å². The lowest BCUT2D eigenvalue weighted by Gasteiger charge is -2.23. The highest BCUT2D eigenvalue weighted by Gasteiger charge is 2.49. The topological polar surface area (TPSA) is 78.9 Å². The molecule has 0 aromatic heterocycles. The molecule has 7 heteroatoms. The van der Waals surface area contributed by atoms with Crippen LogP contribution in [0.1, 0.15) is 24.2 Å². The maximum Gasteiger partial charge on any atom is 0.325 e. The summed E-state index contributed by atoms with van der Waals surface area (Å²) in [5, 5.41) is 14.9. The fourth-order valence-corrected chi connectivity index (χ4v) is 3.74. The van der Waals surface area contributed by atoms with Gasteiger partial charge in [-0.3, -0.25) is 9.69 Å². The zero-order valence-corrected chi connectivity index (χ0v) is 16.6. The van der Waals surface area contributed by atoms with E-state index >= 15 is 0 Å². The minimum absolute atomic E-state index is 0.0337. The van der Waals surface area contributed by atoms with Gasteiger partial charge in [0, 0.05) is 5.56 Å². The van der Waals surface area contributed by atoms with Crippen LogP contribution in [0.5, 0.6) is 5.75 Å². The first-order valence-corrected chi connectivity index (χ1v) is 9.48. The lowest BCUT2D eigenvalue weighted by molar-refractivity contribution is -0.132. The first-order valence-electron chi connectivity index (χ1n) is 9.48. The Bertz CT molecular complexity index is 1150.